The van der Waals surface area contributed by atoms with E-state index in [1.54, 1.807) is 22.7 Å². The van der Waals surface area contributed by atoms with Crippen LogP contribution >= 0.6 is 27.7 Å². The standard InChI is InChI=1S/C19H14BrFN6OS/c1-11-8-17(27-18(24-11)22-10-23-27)29-14-5-3-13(4-6-14)25-19(28)26-16-7-2-12(20)9-15(16)21/h2-10H,1H3,(H2,25,26,28). The minimum Gasteiger partial charge on any atom is -0.308 e. The molecule has 0 bridgehead atoms. The first-order valence-electron chi connectivity index (χ1n) is 8.46. The van der Waals surface area contributed by atoms with Crippen LogP contribution in [0.2, 0.25) is 0 Å². The lowest BCUT2D eigenvalue weighted by Gasteiger charge is -2.09. The Morgan fingerprint density at radius 1 is 1.14 bits per heavy atom. The number of amides is 2. The highest BCUT2D eigenvalue weighted by Gasteiger charge is 2.09. The van der Waals surface area contributed by atoms with Crippen molar-refractivity contribution in [3.8, 4) is 0 Å². The van der Waals surface area contributed by atoms with Crippen LogP contribution in [0.1, 0.15) is 5.69 Å². The number of hydrogen-bond acceptors (Lipinski definition) is 5. The van der Waals surface area contributed by atoms with E-state index in [-0.39, 0.29) is 5.69 Å². The van der Waals surface area contributed by atoms with Crippen LogP contribution in [0.15, 0.2) is 69.3 Å². The van der Waals surface area contributed by atoms with E-state index in [9.17, 15) is 9.18 Å². The van der Waals surface area contributed by atoms with Gasteiger partial charge in [-0.3, -0.25) is 0 Å². The van der Waals surface area contributed by atoms with Crippen LogP contribution in [0, 0.1) is 12.7 Å². The average Bonchev–Trinajstić information content (AvgIpc) is 3.14. The SMILES string of the molecule is Cc1cc(Sc2ccc(NC(=O)Nc3ccc(Br)cc3F)cc2)n2ncnc2n1. The Bertz CT molecular complexity index is 1200. The number of carbonyl (C=O) groups excluding carboxylic acids is 1. The number of urea groups is 1. The van der Waals surface area contributed by atoms with Gasteiger partial charge in [-0.05, 0) is 55.5 Å². The van der Waals surface area contributed by atoms with E-state index in [1.807, 2.05) is 25.1 Å². The molecule has 4 rings (SSSR count). The van der Waals surface area contributed by atoms with Crippen molar-refractivity contribution in [3.05, 3.63) is 70.8 Å². The fraction of sp³-hybridized carbons (Fsp3) is 0.0526. The predicted octanol–water partition coefficient (Wildman–Crippen LogP) is 5.13. The van der Waals surface area contributed by atoms with Crippen molar-refractivity contribution >= 4 is 50.9 Å². The zero-order valence-electron chi connectivity index (χ0n) is 15.1. The number of aromatic nitrogens is 4. The van der Waals surface area contributed by atoms with E-state index >= 15 is 0 Å². The molecule has 4 aromatic rings. The lowest BCUT2D eigenvalue weighted by Crippen LogP contribution is -2.20. The lowest BCUT2D eigenvalue weighted by molar-refractivity contribution is 0.262. The molecule has 0 saturated carbocycles. The largest absolute Gasteiger partial charge is 0.323 e. The molecule has 0 unspecified atom stereocenters. The molecule has 0 fully saturated rings. The first kappa shape index (κ1) is 19.3. The van der Waals surface area contributed by atoms with Crippen LogP contribution in [0.5, 0.6) is 0 Å². The van der Waals surface area contributed by atoms with Crippen LogP contribution in [0.25, 0.3) is 5.78 Å². The van der Waals surface area contributed by atoms with Gasteiger partial charge in [0.15, 0.2) is 0 Å². The second-order valence-electron chi connectivity index (χ2n) is 6.04. The van der Waals surface area contributed by atoms with Gasteiger partial charge < -0.3 is 10.6 Å². The molecule has 7 nitrogen and oxygen atoms in total. The molecule has 0 aliphatic heterocycles. The van der Waals surface area contributed by atoms with Gasteiger partial charge in [0.25, 0.3) is 5.78 Å². The minimum atomic E-state index is -0.527. The van der Waals surface area contributed by atoms with E-state index in [1.165, 1.54) is 30.2 Å². The number of nitrogens with zero attached hydrogens (tertiary/aromatic N) is 4. The molecule has 2 amide bonds. The van der Waals surface area contributed by atoms with Gasteiger partial charge in [0, 0.05) is 20.7 Å². The van der Waals surface area contributed by atoms with Crippen LogP contribution in [-0.4, -0.2) is 25.6 Å². The van der Waals surface area contributed by atoms with Crippen molar-refractivity contribution in [3.63, 3.8) is 0 Å². The summed E-state index contributed by atoms with van der Waals surface area (Å²) in [5.74, 6) is 0.0241. The summed E-state index contributed by atoms with van der Waals surface area (Å²) in [6, 6.07) is 13.1. The molecule has 0 spiro atoms. The third-order valence-electron chi connectivity index (χ3n) is 3.86. The molecule has 0 aliphatic carbocycles. The summed E-state index contributed by atoms with van der Waals surface area (Å²) >= 11 is 4.69. The number of hydrogen-bond donors (Lipinski definition) is 2. The summed E-state index contributed by atoms with van der Waals surface area (Å²) in [5.41, 5.74) is 1.53. The predicted molar refractivity (Wildman–Crippen MR) is 113 cm³/mol. The number of halogens is 2. The van der Waals surface area contributed by atoms with Gasteiger partial charge in [0.05, 0.1) is 5.69 Å². The quantitative estimate of drug-likeness (QED) is 0.402. The molecule has 2 aromatic carbocycles. The molecule has 0 saturated heterocycles. The van der Waals surface area contributed by atoms with Crippen LogP contribution in [0.4, 0.5) is 20.6 Å². The fourth-order valence-electron chi connectivity index (χ4n) is 2.57. The average molecular weight is 473 g/mol. The third-order valence-corrected chi connectivity index (χ3v) is 5.36. The van der Waals surface area contributed by atoms with Gasteiger partial charge in [-0.1, -0.05) is 27.7 Å². The minimum absolute atomic E-state index is 0.0998. The van der Waals surface area contributed by atoms with Crippen molar-refractivity contribution in [2.75, 3.05) is 10.6 Å². The Kier molecular flexibility index (Phi) is 5.45. The molecular weight excluding hydrogens is 459 g/mol. The number of benzene rings is 2. The second kappa shape index (κ2) is 8.18. The summed E-state index contributed by atoms with van der Waals surface area (Å²) in [7, 11) is 0. The van der Waals surface area contributed by atoms with E-state index in [0.29, 0.717) is 15.9 Å². The normalized spacial score (nSPS) is 10.9. The molecular formula is C19H14BrFN6OS. The molecule has 0 aliphatic rings. The molecule has 2 N–H and O–H groups in total. The maximum atomic E-state index is 13.8. The van der Waals surface area contributed by atoms with Crippen LogP contribution in [-0.2, 0) is 0 Å². The summed E-state index contributed by atoms with van der Waals surface area (Å²) in [4.78, 5) is 21.5. The summed E-state index contributed by atoms with van der Waals surface area (Å²) < 4.78 is 16.1. The van der Waals surface area contributed by atoms with Gasteiger partial charge in [0.1, 0.15) is 17.2 Å². The van der Waals surface area contributed by atoms with Crippen molar-refractivity contribution < 1.29 is 9.18 Å². The molecule has 29 heavy (non-hydrogen) atoms. The molecule has 0 atom stereocenters. The van der Waals surface area contributed by atoms with Crippen molar-refractivity contribution in [1.82, 2.24) is 19.6 Å². The molecule has 0 radical (unpaired) electrons. The summed E-state index contributed by atoms with van der Waals surface area (Å²) in [5, 5.41) is 10.2. The van der Waals surface area contributed by atoms with Crippen molar-refractivity contribution in [1.29, 1.82) is 0 Å². The Hall–Kier alpha value is -2.98. The highest BCUT2D eigenvalue weighted by Crippen LogP contribution is 2.29. The molecule has 2 heterocycles. The third kappa shape index (κ3) is 4.54. The first-order valence-corrected chi connectivity index (χ1v) is 10.1. The molecule has 2 aromatic heterocycles. The summed E-state index contributed by atoms with van der Waals surface area (Å²) in [6.45, 7) is 1.90. The zero-order valence-corrected chi connectivity index (χ0v) is 17.5. The van der Waals surface area contributed by atoms with Gasteiger partial charge in [0.2, 0.25) is 0 Å². The Balaban J connectivity index is 1.43. The van der Waals surface area contributed by atoms with E-state index in [0.717, 1.165) is 15.6 Å². The number of nitrogens with one attached hydrogen (secondary N) is 2. The molecule has 10 heteroatoms. The number of fused-ring (bicyclic) bond motifs is 1. The summed E-state index contributed by atoms with van der Waals surface area (Å²) in [6.07, 6.45) is 1.46. The van der Waals surface area contributed by atoms with Gasteiger partial charge >= 0.3 is 6.03 Å². The second-order valence-corrected chi connectivity index (χ2v) is 8.05. The Labute approximate surface area is 177 Å². The van der Waals surface area contributed by atoms with Crippen LogP contribution in [0.3, 0.4) is 0 Å². The van der Waals surface area contributed by atoms with E-state index in [4.69, 9.17) is 0 Å². The Morgan fingerprint density at radius 3 is 2.69 bits per heavy atom. The number of aryl methyl sites for hydroxylation is 1. The zero-order chi connectivity index (χ0) is 20.4. The number of carbonyl (C=O) groups is 1. The number of anilines is 2. The van der Waals surface area contributed by atoms with Crippen molar-refractivity contribution in [2.45, 2.75) is 16.8 Å². The smallest absolute Gasteiger partial charge is 0.308 e. The van der Waals surface area contributed by atoms with Gasteiger partial charge in [-0.2, -0.15) is 14.6 Å². The van der Waals surface area contributed by atoms with Gasteiger partial charge in [-0.25, -0.2) is 14.2 Å². The monoisotopic (exact) mass is 472 g/mol. The Morgan fingerprint density at radius 2 is 1.93 bits per heavy atom. The van der Waals surface area contributed by atoms with E-state index < -0.39 is 11.8 Å². The van der Waals surface area contributed by atoms with Crippen LogP contribution < -0.4 is 10.6 Å². The van der Waals surface area contributed by atoms with Crippen molar-refractivity contribution in [2.24, 2.45) is 0 Å². The highest BCUT2D eigenvalue weighted by atomic mass is 79.9. The fourth-order valence-corrected chi connectivity index (χ4v) is 3.86. The highest BCUT2D eigenvalue weighted by molar-refractivity contribution is 9.10. The lowest BCUT2D eigenvalue weighted by atomic mass is 10.3. The topological polar surface area (TPSA) is 84.2 Å². The maximum absolute atomic E-state index is 13.8. The first-order chi connectivity index (χ1) is 14.0. The van der Waals surface area contributed by atoms with E-state index in [2.05, 4.69) is 41.6 Å². The van der Waals surface area contributed by atoms with Gasteiger partial charge in [-0.15, -0.1) is 0 Å². The molecule has 146 valence electrons. The number of rotatable bonds is 4. The maximum Gasteiger partial charge on any atom is 0.323 e.